The van der Waals surface area contributed by atoms with Gasteiger partial charge < -0.3 is 9.84 Å². The molecule has 1 atom stereocenters. The number of nitrogens with zero attached hydrogens (tertiary/aromatic N) is 4. The lowest BCUT2D eigenvalue weighted by Gasteiger charge is -2.27. The van der Waals surface area contributed by atoms with Crippen LogP contribution in [-0.2, 0) is 19.1 Å². The van der Waals surface area contributed by atoms with E-state index in [-0.39, 0.29) is 24.2 Å². The van der Waals surface area contributed by atoms with Gasteiger partial charge in [-0.1, -0.05) is 24.3 Å². The summed E-state index contributed by atoms with van der Waals surface area (Å²) in [6.45, 7) is 1.99. The zero-order chi connectivity index (χ0) is 28.1. The van der Waals surface area contributed by atoms with Gasteiger partial charge in [0.15, 0.2) is 5.13 Å². The SMILES string of the molecule is CN(C(=O)C(CC(=O)O)CC1CCOCC1)c1nc(-c2ccccc2-c2ccc(N3CCCCC3=O)nc2)cs1. The highest BCUT2D eigenvalue weighted by atomic mass is 32.1. The standard InChI is InChI=1S/C30H34N4O5S/c1-33(29(38)22(17-28(36)37)16-20-11-14-39-15-12-20)30-32-25(19-40-30)24-7-3-2-6-23(24)21-9-10-26(31-18-21)34-13-5-4-8-27(34)35/h2-3,6-7,9-10,18-20,22H,4-5,8,11-17H2,1H3,(H,36,37). The van der Waals surface area contributed by atoms with Crippen LogP contribution >= 0.6 is 11.3 Å². The van der Waals surface area contributed by atoms with Crippen molar-refractivity contribution in [3.63, 3.8) is 0 Å². The molecule has 5 rings (SSSR count). The molecule has 9 nitrogen and oxygen atoms in total. The number of carbonyl (C=O) groups is 3. The molecule has 2 aromatic heterocycles. The molecule has 2 saturated heterocycles. The molecule has 0 radical (unpaired) electrons. The van der Waals surface area contributed by atoms with Gasteiger partial charge in [0.1, 0.15) is 5.82 Å². The van der Waals surface area contributed by atoms with Gasteiger partial charge in [-0.3, -0.25) is 24.2 Å². The van der Waals surface area contributed by atoms with Crippen molar-refractivity contribution >= 4 is 40.1 Å². The van der Waals surface area contributed by atoms with Gasteiger partial charge in [0, 0.05) is 61.8 Å². The minimum atomic E-state index is -0.975. The third-order valence-corrected chi connectivity index (χ3v) is 8.62. The Hall–Kier alpha value is -3.63. The highest BCUT2D eigenvalue weighted by molar-refractivity contribution is 7.14. The Morgan fingerprint density at radius 2 is 1.93 bits per heavy atom. The van der Waals surface area contributed by atoms with Crippen LogP contribution in [0.25, 0.3) is 22.4 Å². The van der Waals surface area contributed by atoms with E-state index in [2.05, 4.69) is 4.98 Å². The van der Waals surface area contributed by atoms with Crippen molar-refractivity contribution in [1.82, 2.24) is 9.97 Å². The van der Waals surface area contributed by atoms with Crippen LogP contribution in [0, 0.1) is 11.8 Å². The number of amides is 2. The number of hydrogen-bond acceptors (Lipinski definition) is 7. The number of rotatable bonds is 9. The van der Waals surface area contributed by atoms with Gasteiger partial charge in [-0.25, -0.2) is 9.97 Å². The van der Waals surface area contributed by atoms with Crippen molar-refractivity contribution in [3.8, 4) is 22.4 Å². The van der Waals surface area contributed by atoms with Gasteiger partial charge in [-0.2, -0.15) is 0 Å². The molecule has 0 spiro atoms. The highest BCUT2D eigenvalue weighted by Gasteiger charge is 2.30. The topological polar surface area (TPSA) is 113 Å². The Morgan fingerprint density at radius 3 is 2.62 bits per heavy atom. The average Bonchev–Trinajstić information content (AvgIpc) is 3.47. The Kier molecular flexibility index (Phi) is 8.86. The molecule has 0 bridgehead atoms. The van der Waals surface area contributed by atoms with E-state index in [1.165, 1.54) is 16.2 Å². The third-order valence-electron chi connectivity index (χ3n) is 7.70. The molecule has 1 N–H and O–H groups in total. The van der Waals surface area contributed by atoms with Crippen LogP contribution in [0.5, 0.6) is 0 Å². The van der Waals surface area contributed by atoms with Crippen molar-refractivity contribution in [3.05, 3.63) is 48.0 Å². The number of carboxylic acid groups (broad SMARTS) is 1. The number of aromatic nitrogens is 2. The Labute approximate surface area is 237 Å². The van der Waals surface area contributed by atoms with Crippen LogP contribution in [0.4, 0.5) is 10.9 Å². The van der Waals surface area contributed by atoms with Crippen LogP contribution in [0.1, 0.15) is 44.9 Å². The molecule has 4 heterocycles. The second-order valence-electron chi connectivity index (χ2n) is 10.5. The van der Waals surface area contributed by atoms with Crippen LogP contribution in [-0.4, -0.2) is 59.7 Å². The molecule has 0 saturated carbocycles. The second-order valence-corrected chi connectivity index (χ2v) is 11.3. The van der Waals surface area contributed by atoms with E-state index in [9.17, 15) is 19.5 Å². The highest BCUT2D eigenvalue weighted by Crippen LogP contribution is 2.36. The molecule has 2 fully saturated rings. The average molecular weight is 563 g/mol. The predicted molar refractivity (Wildman–Crippen MR) is 154 cm³/mol. The number of benzene rings is 1. The first-order valence-electron chi connectivity index (χ1n) is 13.8. The number of anilines is 2. The number of piperidine rings is 1. The number of carboxylic acids is 1. The van der Waals surface area contributed by atoms with Crippen LogP contribution in [0.2, 0.25) is 0 Å². The maximum atomic E-state index is 13.4. The van der Waals surface area contributed by atoms with Gasteiger partial charge in [0.25, 0.3) is 0 Å². The van der Waals surface area contributed by atoms with Crippen LogP contribution in [0.15, 0.2) is 48.0 Å². The van der Waals surface area contributed by atoms with Crippen LogP contribution in [0.3, 0.4) is 0 Å². The zero-order valence-electron chi connectivity index (χ0n) is 22.6. The van der Waals surface area contributed by atoms with Crippen molar-refractivity contribution < 1.29 is 24.2 Å². The van der Waals surface area contributed by atoms with Crippen LogP contribution < -0.4 is 9.80 Å². The molecular formula is C30H34N4O5S. The summed E-state index contributed by atoms with van der Waals surface area (Å²) in [6, 6.07) is 11.7. The summed E-state index contributed by atoms with van der Waals surface area (Å²) in [6.07, 6.45) is 6.26. The zero-order valence-corrected chi connectivity index (χ0v) is 23.4. The summed E-state index contributed by atoms with van der Waals surface area (Å²) < 4.78 is 5.42. The molecule has 210 valence electrons. The first kappa shape index (κ1) is 27.9. The number of pyridine rings is 1. The number of hydrogen-bond donors (Lipinski definition) is 1. The lowest BCUT2D eigenvalue weighted by Crippen LogP contribution is -2.35. The van der Waals surface area contributed by atoms with E-state index in [0.717, 1.165) is 48.1 Å². The monoisotopic (exact) mass is 562 g/mol. The summed E-state index contributed by atoms with van der Waals surface area (Å²) in [7, 11) is 1.67. The van der Waals surface area contributed by atoms with Crippen molar-refractivity contribution in [1.29, 1.82) is 0 Å². The van der Waals surface area contributed by atoms with E-state index in [1.807, 2.05) is 41.8 Å². The Balaban J connectivity index is 1.34. The first-order valence-corrected chi connectivity index (χ1v) is 14.7. The molecule has 3 aromatic rings. The maximum Gasteiger partial charge on any atom is 0.304 e. The smallest absolute Gasteiger partial charge is 0.304 e. The number of carbonyl (C=O) groups excluding carboxylic acids is 2. The molecule has 10 heteroatoms. The van der Waals surface area contributed by atoms with Gasteiger partial charge in [0.05, 0.1) is 12.1 Å². The maximum absolute atomic E-state index is 13.4. The minimum absolute atomic E-state index is 0.110. The fraction of sp³-hybridized carbons (Fsp3) is 0.433. The first-order chi connectivity index (χ1) is 19.4. The lowest BCUT2D eigenvalue weighted by atomic mass is 9.86. The minimum Gasteiger partial charge on any atom is -0.481 e. The van der Waals surface area contributed by atoms with Crippen molar-refractivity contribution in [2.75, 3.05) is 36.6 Å². The normalized spacial score (nSPS) is 17.0. The van der Waals surface area contributed by atoms with E-state index in [4.69, 9.17) is 9.72 Å². The summed E-state index contributed by atoms with van der Waals surface area (Å²) >= 11 is 1.36. The molecule has 1 unspecified atom stereocenters. The summed E-state index contributed by atoms with van der Waals surface area (Å²) in [5.41, 5.74) is 3.48. The van der Waals surface area contributed by atoms with E-state index < -0.39 is 11.9 Å². The largest absolute Gasteiger partial charge is 0.481 e. The van der Waals surface area contributed by atoms with Crippen molar-refractivity contribution in [2.45, 2.75) is 44.9 Å². The fourth-order valence-corrected chi connectivity index (χ4v) is 6.28. The molecule has 2 aliphatic heterocycles. The Bertz CT molecular complexity index is 1350. The van der Waals surface area contributed by atoms with E-state index in [0.29, 0.717) is 43.5 Å². The van der Waals surface area contributed by atoms with Gasteiger partial charge in [0.2, 0.25) is 11.8 Å². The fourth-order valence-electron chi connectivity index (χ4n) is 5.49. The summed E-state index contributed by atoms with van der Waals surface area (Å²) in [4.78, 5) is 49.9. The number of ether oxygens (including phenoxy) is 1. The Morgan fingerprint density at radius 1 is 1.15 bits per heavy atom. The number of aliphatic carboxylic acids is 1. The van der Waals surface area contributed by atoms with E-state index in [1.54, 1.807) is 18.1 Å². The van der Waals surface area contributed by atoms with Gasteiger partial charge in [-0.15, -0.1) is 11.3 Å². The van der Waals surface area contributed by atoms with Gasteiger partial charge in [-0.05, 0) is 55.7 Å². The lowest BCUT2D eigenvalue weighted by molar-refractivity contribution is -0.141. The summed E-state index contributed by atoms with van der Waals surface area (Å²) in [5, 5.41) is 11.9. The second kappa shape index (κ2) is 12.7. The quantitative estimate of drug-likeness (QED) is 0.379. The third kappa shape index (κ3) is 6.39. The summed E-state index contributed by atoms with van der Waals surface area (Å²) in [5.74, 6) is -0.756. The molecule has 2 amide bonds. The molecule has 40 heavy (non-hydrogen) atoms. The van der Waals surface area contributed by atoms with Crippen molar-refractivity contribution in [2.24, 2.45) is 11.8 Å². The molecule has 0 aliphatic carbocycles. The van der Waals surface area contributed by atoms with Gasteiger partial charge >= 0.3 is 5.97 Å². The molecular weight excluding hydrogens is 528 g/mol. The van der Waals surface area contributed by atoms with E-state index >= 15 is 0 Å². The molecule has 1 aromatic carbocycles. The molecule has 2 aliphatic rings. The predicted octanol–water partition coefficient (Wildman–Crippen LogP) is 5.26. The number of thiazole rings is 1.